The SMILES string of the molecule is Cc1cc(C(F)(F)F)nc2c3c(nn12)CN(C(C)C)C3. The Morgan fingerprint density at radius 3 is 2.55 bits per heavy atom. The lowest BCUT2D eigenvalue weighted by molar-refractivity contribution is -0.141. The van der Waals surface area contributed by atoms with Gasteiger partial charge in [-0.15, -0.1) is 0 Å². The van der Waals surface area contributed by atoms with Crippen LogP contribution in [0.15, 0.2) is 6.07 Å². The molecule has 2 aromatic heterocycles. The van der Waals surface area contributed by atoms with Crippen LogP contribution >= 0.6 is 0 Å². The van der Waals surface area contributed by atoms with Crippen LogP contribution in [-0.4, -0.2) is 25.5 Å². The highest BCUT2D eigenvalue weighted by Crippen LogP contribution is 2.32. The van der Waals surface area contributed by atoms with E-state index in [0.717, 1.165) is 17.3 Å². The van der Waals surface area contributed by atoms with E-state index in [1.807, 2.05) is 0 Å². The number of halogens is 3. The van der Waals surface area contributed by atoms with E-state index in [-0.39, 0.29) is 0 Å². The second-order valence-electron chi connectivity index (χ2n) is 5.44. The first-order valence-electron chi connectivity index (χ1n) is 6.46. The summed E-state index contributed by atoms with van der Waals surface area (Å²) in [6, 6.07) is 1.37. The third kappa shape index (κ3) is 1.96. The average molecular weight is 284 g/mol. The molecule has 3 heterocycles. The summed E-state index contributed by atoms with van der Waals surface area (Å²) in [6.07, 6.45) is -4.43. The molecule has 0 fully saturated rings. The summed E-state index contributed by atoms with van der Waals surface area (Å²) in [7, 11) is 0. The van der Waals surface area contributed by atoms with Crippen molar-refractivity contribution in [1.29, 1.82) is 0 Å². The lowest BCUT2D eigenvalue weighted by Crippen LogP contribution is -2.25. The predicted octanol–water partition coefficient (Wildman–Crippen LogP) is 2.78. The van der Waals surface area contributed by atoms with Gasteiger partial charge in [-0.05, 0) is 26.8 Å². The Balaban J connectivity index is 2.15. The van der Waals surface area contributed by atoms with Gasteiger partial charge in [0.05, 0.1) is 5.69 Å². The molecule has 0 spiro atoms. The first-order chi connectivity index (χ1) is 9.27. The van der Waals surface area contributed by atoms with Crippen molar-refractivity contribution in [1.82, 2.24) is 19.5 Å². The monoisotopic (exact) mass is 284 g/mol. The smallest absolute Gasteiger partial charge is 0.291 e. The molecule has 1 aliphatic heterocycles. The van der Waals surface area contributed by atoms with Crippen LogP contribution in [0.25, 0.3) is 5.65 Å². The fourth-order valence-electron chi connectivity index (χ4n) is 2.50. The largest absolute Gasteiger partial charge is 0.433 e. The highest BCUT2D eigenvalue weighted by molar-refractivity contribution is 5.53. The van der Waals surface area contributed by atoms with Gasteiger partial charge >= 0.3 is 6.18 Å². The number of fused-ring (bicyclic) bond motifs is 3. The molecule has 7 heteroatoms. The highest BCUT2D eigenvalue weighted by atomic mass is 19.4. The van der Waals surface area contributed by atoms with Gasteiger partial charge in [-0.2, -0.15) is 18.3 Å². The maximum atomic E-state index is 12.9. The van der Waals surface area contributed by atoms with E-state index in [0.29, 0.717) is 30.5 Å². The van der Waals surface area contributed by atoms with Gasteiger partial charge in [0.15, 0.2) is 5.65 Å². The molecule has 0 saturated heterocycles. The van der Waals surface area contributed by atoms with Gasteiger partial charge in [0.2, 0.25) is 0 Å². The van der Waals surface area contributed by atoms with Gasteiger partial charge in [-0.3, -0.25) is 4.90 Å². The van der Waals surface area contributed by atoms with E-state index < -0.39 is 11.9 Å². The van der Waals surface area contributed by atoms with Crippen molar-refractivity contribution in [2.45, 2.75) is 46.1 Å². The molecule has 4 nitrogen and oxygen atoms in total. The third-order valence-corrected chi connectivity index (χ3v) is 3.68. The van der Waals surface area contributed by atoms with Crippen LogP contribution in [-0.2, 0) is 19.3 Å². The van der Waals surface area contributed by atoms with E-state index in [9.17, 15) is 13.2 Å². The summed E-state index contributed by atoms with van der Waals surface area (Å²) in [5.74, 6) is 0. The summed E-state index contributed by atoms with van der Waals surface area (Å²) >= 11 is 0. The number of aryl methyl sites for hydroxylation is 1. The lowest BCUT2D eigenvalue weighted by Gasteiger charge is -2.19. The molecular weight excluding hydrogens is 269 g/mol. The second kappa shape index (κ2) is 4.18. The molecule has 0 amide bonds. The zero-order valence-electron chi connectivity index (χ0n) is 11.5. The van der Waals surface area contributed by atoms with Crippen LogP contribution in [0.3, 0.4) is 0 Å². The van der Waals surface area contributed by atoms with Crippen molar-refractivity contribution in [2.75, 3.05) is 0 Å². The Bertz CT molecular complexity index is 672. The van der Waals surface area contributed by atoms with Crippen molar-refractivity contribution >= 4 is 5.65 Å². The molecule has 1 aliphatic rings. The number of aromatic nitrogens is 3. The summed E-state index contributed by atoms with van der Waals surface area (Å²) < 4.78 is 40.1. The van der Waals surface area contributed by atoms with Crippen molar-refractivity contribution in [2.24, 2.45) is 0 Å². The van der Waals surface area contributed by atoms with E-state index in [4.69, 9.17) is 0 Å². The van der Waals surface area contributed by atoms with Crippen LogP contribution in [0.4, 0.5) is 13.2 Å². The van der Waals surface area contributed by atoms with Gasteiger partial charge in [0, 0.05) is 30.4 Å². The minimum Gasteiger partial charge on any atom is -0.291 e. The molecule has 3 rings (SSSR count). The molecule has 0 N–H and O–H groups in total. The maximum Gasteiger partial charge on any atom is 0.433 e. The zero-order chi connectivity index (χ0) is 14.7. The van der Waals surface area contributed by atoms with E-state index in [1.165, 1.54) is 4.52 Å². The molecule has 0 unspecified atom stereocenters. The van der Waals surface area contributed by atoms with E-state index in [1.54, 1.807) is 6.92 Å². The molecule has 0 aliphatic carbocycles. The van der Waals surface area contributed by atoms with Crippen molar-refractivity contribution < 1.29 is 13.2 Å². The highest BCUT2D eigenvalue weighted by Gasteiger charge is 2.35. The number of alkyl halides is 3. The molecule has 0 aromatic carbocycles. The van der Waals surface area contributed by atoms with E-state index >= 15 is 0 Å². The fourth-order valence-corrected chi connectivity index (χ4v) is 2.50. The van der Waals surface area contributed by atoms with Crippen molar-refractivity contribution in [3.63, 3.8) is 0 Å². The van der Waals surface area contributed by atoms with Crippen LogP contribution in [0.2, 0.25) is 0 Å². The molecule has 0 atom stereocenters. The first kappa shape index (κ1) is 13.4. The van der Waals surface area contributed by atoms with Gasteiger partial charge in [0.1, 0.15) is 5.69 Å². The number of rotatable bonds is 1. The molecule has 20 heavy (non-hydrogen) atoms. The standard InChI is InChI=1S/C13H15F3N4/c1-7(2)19-5-9-10(6-19)18-20-8(3)4-11(13(14,15)16)17-12(9)20/h4,7H,5-6H2,1-3H3. The predicted molar refractivity (Wildman–Crippen MR) is 67.1 cm³/mol. The van der Waals surface area contributed by atoms with Crippen LogP contribution in [0.5, 0.6) is 0 Å². The van der Waals surface area contributed by atoms with Gasteiger partial charge in [-0.1, -0.05) is 0 Å². The molecule has 0 radical (unpaired) electrons. The zero-order valence-corrected chi connectivity index (χ0v) is 11.5. The summed E-state index contributed by atoms with van der Waals surface area (Å²) in [5.41, 5.74) is 1.57. The molecule has 0 bridgehead atoms. The fraction of sp³-hybridized carbons (Fsp3) is 0.538. The van der Waals surface area contributed by atoms with Crippen LogP contribution in [0, 0.1) is 6.92 Å². The Morgan fingerprint density at radius 2 is 1.95 bits per heavy atom. The lowest BCUT2D eigenvalue weighted by atomic mass is 10.2. The first-order valence-corrected chi connectivity index (χ1v) is 6.46. The van der Waals surface area contributed by atoms with Crippen LogP contribution in [0.1, 0.15) is 36.5 Å². The molecule has 108 valence electrons. The summed E-state index contributed by atoms with van der Waals surface area (Å²) in [4.78, 5) is 5.94. The quantitative estimate of drug-likeness (QED) is 0.807. The maximum absolute atomic E-state index is 12.9. The summed E-state index contributed by atoms with van der Waals surface area (Å²) in [6.45, 7) is 7.00. The summed E-state index contributed by atoms with van der Waals surface area (Å²) in [5, 5.41) is 4.39. The topological polar surface area (TPSA) is 33.4 Å². The van der Waals surface area contributed by atoms with Crippen molar-refractivity contribution in [3.8, 4) is 0 Å². The Labute approximate surface area is 114 Å². The normalized spacial score (nSPS) is 16.4. The van der Waals surface area contributed by atoms with Gasteiger partial charge in [0.25, 0.3) is 0 Å². The number of nitrogens with zero attached hydrogens (tertiary/aromatic N) is 4. The van der Waals surface area contributed by atoms with E-state index in [2.05, 4.69) is 28.8 Å². The number of hydrogen-bond donors (Lipinski definition) is 0. The van der Waals surface area contributed by atoms with Crippen LogP contribution < -0.4 is 0 Å². The minimum absolute atomic E-state index is 0.329. The molecule has 0 saturated carbocycles. The van der Waals surface area contributed by atoms with Gasteiger partial charge < -0.3 is 0 Å². The number of hydrogen-bond acceptors (Lipinski definition) is 3. The minimum atomic E-state index is -4.43. The molecular formula is C13H15F3N4. The Morgan fingerprint density at radius 1 is 1.25 bits per heavy atom. The third-order valence-electron chi connectivity index (χ3n) is 3.68. The Hall–Kier alpha value is -1.63. The van der Waals surface area contributed by atoms with Crippen molar-refractivity contribution in [3.05, 3.63) is 28.7 Å². The molecule has 2 aromatic rings. The average Bonchev–Trinajstić information content (AvgIpc) is 2.85. The second-order valence-corrected chi connectivity index (χ2v) is 5.44. The Kier molecular flexibility index (Phi) is 2.79. The van der Waals surface area contributed by atoms with Gasteiger partial charge in [-0.25, -0.2) is 9.50 Å².